The zero-order chi connectivity index (χ0) is 18.7. The van der Waals surface area contributed by atoms with Crippen LogP contribution in [0.25, 0.3) is 0 Å². The number of hydrogen-bond donors (Lipinski definition) is 2. The van der Waals surface area contributed by atoms with E-state index in [0.29, 0.717) is 19.5 Å². The van der Waals surface area contributed by atoms with E-state index in [9.17, 15) is 26.4 Å². The van der Waals surface area contributed by atoms with Crippen molar-refractivity contribution in [3.8, 4) is 0 Å². The van der Waals surface area contributed by atoms with Crippen LogP contribution in [0, 0.1) is 5.92 Å². The average molecular weight is 379 g/mol. The molecule has 10 heteroatoms. The largest absolute Gasteiger partial charge is 0.416 e. The van der Waals surface area contributed by atoms with E-state index in [1.165, 1.54) is 16.4 Å². The van der Waals surface area contributed by atoms with Gasteiger partial charge in [0.15, 0.2) is 0 Å². The molecule has 0 aliphatic carbocycles. The lowest BCUT2D eigenvalue weighted by atomic mass is 10.00. The number of halogens is 3. The fourth-order valence-electron chi connectivity index (χ4n) is 2.68. The third-order valence-electron chi connectivity index (χ3n) is 3.95. The number of hydrogen-bond acceptors (Lipinski definition) is 3. The SMILES string of the molecule is CS(=O)(=O)N1CCC[C@H](CNC(=O)Nc2cccc(C(F)(F)F)c2)C1. The van der Waals surface area contributed by atoms with Gasteiger partial charge in [0, 0.05) is 25.3 Å². The van der Waals surface area contributed by atoms with Crippen LogP contribution in [-0.4, -0.2) is 44.6 Å². The summed E-state index contributed by atoms with van der Waals surface area (Å²) in [6, 6.07) is 3.72. The van der Waals surface area contributed by atoms with Crippen molar-refractivity contribution in [3.63, 3.8) is 0 Å². The Hall–Kier alpha value is -1.81. The monoisotopic (exact) mass is 379 g/mol. The normalized spacial score (nSPS) is 19.4. The number of carbonyl (C=O) groups is 1. The van der Waals surface area contributed by atoms with Crippen LogP contribution >= 0.6 is 0 Å². The summed E-state index contributed by atoms with van der Waals surface area (Å²) in [6.45, 7) is 1.03. The van der Waals surface area contributed by atoms with Gasteiger partial charge in [0.1, 0.15) is 0 Å². The number of carbonyl (C=O) groups excluding carboxylic acids is 1. The quantitative estimate of drug-likeness (QED) is 0.844. The van der Waals surface area contributed by atoms with Crippen LogP contribution in [0.1, 0.15) is 18.4 Å². The highest BCUT2D eigenvalue weighted by atomic mass is 32.2. The number of amides is 2. The minimum atomic E-state index is -4.48. The predicted molar refractivity (Wildman–Crippen MR) is 87.6 cm³/mol. The van der Waals surface area contributed by atoms with Crippen molar-refractivity contribution >= 4 is 21.7 Å². The molecule has 0 unspecified atom stereocenters. The lowest BCUT2D eigenvalue weighted by Crippen LogP contribution is -2.43. The molecule has 0 bridgehead atoms. The molecule has 1 aliphatic rings. The van der Waals surface area contributed by atoms with E-state index in [0.717, 1.165) is 24.8 Å². The standard InChI is InChI=1S/C15H20F3N3O3S/c1-25(23,24)21-7-3-4-11(10-21)9-19-14(22)20-13-6-2-5-12(8-13)15(16,17)18/h2,5-6,8,11H,3-4,7,9-10H2,1H3,(H2,19,20,22)/t11-/m1/s1. The number of rotatable bonds is 4. The van der Waals surface area contributed by atoms with Crippen LogP contribution in [0.3, 0.4) is 0 Å². The maximum atomic E-state index is 12.6. The van der Waals surface area contributed by atoms with Crippen LogP contribution in [0.2, 0.25) is 0 Å². The minimum Gasteiger partial charge on any atom is -0.338 e. The zero-order valence-electron chi connectivity index (χ0n) is 13.6. The van der Waals surface area contributed by atoms with Crippen LogP contribution in [0.4, 0.5) is 23.7 Å². The first-order valence-electron chi connectivity index (χ1n) is 7.73. The topological polar surface area (TPSA) is 78.5 Å². The van der Waals surface area contributed by atoms with E-state index >= 15 is 0 Å². The first kappa shape index (κ1) is 19.5. The van der Waals surface area contributed by atoms with E-state index in [4.69, 9.17) is 0 Å². The maximum absolute atomic E-state index is 12.6. The number of benzene rings is 1. The molecular weight excluding hydrogens is 359 g/mol. The lowest BCUT2D eigenvalue weighted by molar-refractivity contribution is -0.137. The molecule has 1 aliphatic heterocycles. The number of sulfonamides is 1. The molecule has 0 saturated carbocycles. The van der Waals surface area contributed by atoms with Gasteiger partial charge >= 0.3 is 12.2 Å². The molecule has 1 atom stereocenters. The second-order valence-corrected chi connectivity index (χ2v) is 8.03. The Balaban J connectivity index is 1.87. The summed E-state index contributed by atoms with van der Waals surface area (Å²) in [6.07, 6.45) is -1.86. The minimum absolute atomic E-state index is 0.0317. The average Bonchev–Trinajstić information content (AvgIpc) is 2.52. The summed E-state index contributed by atoms with van der Waals surface area (Å²) in [5.41, 5.74) is -0.810. The molecule has 2 N–H and O–H groups in total. The Morgan fingerprint density at radius 1 is 1.36 bits per heavy atom. The Kier molecular flexibility index (Phi) is 5.94. The Morgan fingerprint density at radius 2 is 2.08 bits per heavy atom. The van der Waals surface area contributed by atoms with Gasteiger partial charge in [-0.1, -0.05) is 6.07 Å². The number of alkyl halides is 3. The molecule has 1 aromatic rings. The Morgan fingerprint density at radius 3 is 2.72 bits per heavy atom. The van der Waals surface area contributed by atoms with Crippen molar-refractivity contribution < 1.29 is 26.4 Å². The molecule has 1 saturated heterocycles. The molecule has 0 spiro atoms. The summed E-state index contributed by atoms with van der Waals surface area (Å²) in [5, 5.41) is 4.93. The summed E-state index contributed by atoms with van der Waals surface area (Å²) in [5.74, 6) is -0.0317. The highest BCUT2D eigenvalue weighted by Crippen LogP contribution is 2.30. The van der Waals surface area contributed by atoms with Gasteiger partial charge in [-0.3, -0.25) is 0 Å². The van der Waals surface area contributed by atoms with Crippen molar-refractivity contribution in [1.29, 1.82) is 0 Å². The van der Waals surface area contributed by atoms with E-state index in [1.54, 1.807) is 0 Å². The lowest BCUT2D eigenvalue weighted by Gasteiger charge is -2.30. The number of nitrogens with zero attached hydrogens (tertiary/aromatic N) is 1. The summed E-state index contributed by atoms with van der Waals surface area (Å²) in [4.78, 5) is 11.9. The van der Waals surface area contributed by atoms with Crippen LogP contribution < -0.4 is 10.6 Å². The maximum Gasteiger partial charge on any atom is 0.416 e. The van der Waals surface area contributed by atoms with Crippen LogP contribution in [0.5, 0.6) is 0 Å². The van der Waals surface area contributed by atoms with Crippen molar-refractivity contribution in [2.24, 2.45) is 5.92 Å². The van der Waals surface area contributed by atoms with Gasteiger partial charge < -0.3 is 10.6 Å². The van der Waals surface area contributed by atoms with Gasteiger partial charge in [0.2, 0.25) is 10.0 Å². The van der Waals surface area contributed by atoms with Gasteiger partial charge in [-0.25, -0.2) is 17.5 Å². The smallest absolute Gasteiger partial charge is 0.338 e. The van der Waals surface area contributed by atoms with Crippen LogP contribution in [0.15, 0.2) is 24.3 Å². The fourth-order valence-corrected chi connectivity index (χ4v) is 3.62. The Bertz CT molecular complexity index is 722. The molecule has 6 nitrogen and oxygen atoms in total. The summed E-state index contributed by atoms with van der Waals surface area (Å²) in [7, 11) is -3.27. The molecule has 140 valence electrons. The van der Waals surface area contributed by atoms with E-state index in [-0.39, 0.29) is 18.2 Å². The predicted octanol–water partition coefficient (Wildman–Crippen LogP) is 2.50. The molecular formula is C15H20F3N3O3S. The van der Waals surface area contributed by atoms with E-state index < -0.39 is 27.8 Å². The number of anilines is 1. The van der Waals surface area contributed by atoms with Crippen LogP contribution in [-0.2, 0) is 16.2 Å². The van der Waals surface area contributed by atoms with Gasteiger partial charge in [-0.05, 0) is 37.0 Å². The Labute approximate surface area is 144 Å². The molecule has 25 heavy (non-hydrogen) atoms. The van der Waals surface area contributed by atoms with E-state index in [2.05, 4.69) is 10.6 Å². The van der Waals surface area contributed by atoms with Crippen molar-refractivity contribution in [1.82, 2.24) is 9.62 Å². The molecule has 0 aromatic heterocycles. The fraction of sp³-hybridized carbons (Fsp3) is 0.533. The second kappa shape index (κ2) is 7.61. The molecule has 0 radical (unpaired) electrons. The van der Waals surface area contributed by atoms with Gasteiger partial charge in [-0.2, -0.15) is 13.2 Å². The number of nitrogens with one attached hydrogen (secondary N) is 2. The van der Waals surface area contributed by atoms with Gasteiger partial charge in [0.25, 0.3) is 0 Å². The third kappa shape index (κ3) is 5.89. The number of urea groups is 1. The first-order valence-corrected chi connectivity index (χ1v) is 9.58. The van der Waals surface area contributed by atoms with Crippen molar-refractivity contribution in [3.05, 3.63) is 29.8 Å². The second-order valence-electron chi connectivity index (χ2n) is 6.04. The molecule has 2 amide bonds. The summed E-state index contributed by atoms with van der Waals surface area (Å²) < 4.78 is 62.4. The highest BCUT2D eigenvalue weighted by molar-refractivity contribution is 7.88. The highest BCUT2D eigenvalue weighted by Gasteiger charge is 2.30. The molecule has 2 rings (SSSR count). The van der Waals surface area contributed by atoms with Crippen molar-refractivity contribution in [2.45, 2.75) is 19.0 Å². The zero-order valence-corrected chi connectivity index (χ0v) is 14.5. The van der Waals surface area contributed by atoms with E-state index in [1.807, 2.05) is 0 Å². The van der Waals surface area contributed by atoms with Crippen molar-refractivity contribution in [2.75, 3.05) is 31.2 Å². The molecule has 1 heterocycles. The van der Waals surface area contributed by atoms with Gasteiger partial charge in [0.05, 0.1) is 11.8 Å². The molecule has 1 aromatic carbocycles. The van der Waals surface area contributed by atoms with Gasteiger partial charge in [-0.15, -0.1) is 0 Å². The third-order valence-corrected chi connectivity index (χ3v) is 5.22. The molecule has 1 fully saturated rings. The number of piperidine rings is 1. The first-order chi connectivity index (χ1) is 11.6. The summed E-state index contributed by atoms with van der Waals surface area (Å²) >= 11 is 0.